The number of hydrogen-bond acceptors (Lipinski definition) is 2. The number of anilines is 1. The molecule has 0 saturated carbocycles. The number of carbonyl (C=O) groups is 1. The van der Waals surface area contributed by atoms with Gasteiger partial charge in [-0.2, -0.15) is 5.26 Å². The second-order valence-electron chi connectivity index (χ2n) is 4.64. The molecule has 5 heteroatoms. The quantitative estimate of drug-likeness (QED) is 0.609. The fourth-order valence-corrected chi connectivity index (χ4v) is 2.38. The number of nitrogens with zero attached hydrogens (tertiary/aromatic N) is 1. The standard InChI is InChI=1S/C17H12BrClN2O/c1-11-5-6-15(9-16(11)19)21-17(22)13(10-20)7-12-3-2-4-14(18)8-12/h2-9H,1H3,(H,21,22)/b13-7+. The Bertz CT molecular complexity index is 793. The first-order valence-corrected chi connectivity index (χ1v) is 7.61. The van der Waals surface area contributed by atoms with Crippen molar-refractivity contribution >= 4 is 45.2 Å². The first kappa shape index (κ1) is 16.3. The fourth-order valence-electron chi connectivity index (χ4n) is 1.78. The van der Waals surface area contributed by atoms with Gasteiger partial charge in [0.25, 0.3) is 5.91 Å². The Hall–Kier alpha value is -2.09. The minimum atomic E-state index is -0.470. The molecule has 1 amide bonds. The lowest BCUT2D eigenvalue weighted by atomic mass is 10.1. The highest BCUT2D eigenvalue weighted by Crippen LogP contribution is 2.21. The third-order valence-electron chi connectivity index (χ3n) is 2.95. The molecule has 0 spiro atoms. The number of aryl methyl sites for hydroxylation is 1. The Kier molecular flexibility index (Phi) is 5.37. The Morgan fingerprint density at radius 3 is 2.73 bits per heavy atom. The lowest BCUT2D eigenvalue weighted by Crippen LogP contribution is -2.13. The SMILES string of the molecule is Cc1ccc(NC(=O)/C(C#N)=C/c2cccc(Br)c2)cc1Cl. The number of carbonyl (C=O) groups excluding carboxylic acids is 1. The van der Waals surface area contributed by atoms with Gasteiger partial charge < -0.3 is 5.32 Å². The van der Waals surface area contributed by atoms with Crippen LogP contribution in [0.25, 0.3) is 6.08 Å². The molecule has 0 heterocycles. The van der Waals surface area contributed by atoms with Crippen molar-refractivity contribution in [1.82, 2.24) is 0 Å². The fraction of sp³-hybridized carbons (Fsp3) is 0.0588. The number of rotatable bonds is 3. The highest BCUT2D eigenvalue weighted by Gasteiger charge is 2.10. The van der Waals surface area contributed by atoms with E-state index < -0.39 is 5.91 Å². The monoisotopic (exact) mass is 374 g/mol. The zero-order valence-electron chi connectivity index (χ0n) is 11.7. The highest BCUT2D eigenvalue weighted by atomic mass is 79.9. The van der Waals surface area contributed by atoms with Crippen LogP contribution in [-0.4, -0.2) is 5.91 Å². The summed E-state index contributed by atoms with van der Waals surface area (Å²) in [5.41, 5.74) is 2.26. The van der Waals surface area contributed by atoms with Gasteiger partial charge in [0.1, 0.15) is 11.6 Å². The van der Waals surface area contributed by atoms with Gasteiger partial charge in [-0.25, -0.2) is 0 Å². The molecule has 0 bridgehead atoms. The molecule has 0 aliphatic rings. The summed E-state index contributed by atoms with van der Waals surface area (Å²) in [4.78, 5) is 12.2. The van der Waals surface area contributed by atoms with Crippen molar-refractivity contribution in [3.8, 4) is 6.07 Å². The molecular weight excluding hydrogens is 364 g/mol. The van der Waals surface area contributed by atoms with E-state index in [1.54, 1.807) is 12.1 Å². The molecule has 0 aliphatic heterocycles. The van der Waals surface area contributed by atoms with Gasteiger partial charge in [-0.3, -0.25) is 4.79 Å². The van der Waals surface area contributed by atoms with E-state index in [9.17, 15) is 10.1 Å². The van der Waals surface area contributed by atoms with Crippen LogP contribution >= 0.6 is 27.5 Å². The third-order valence-corrected chi connectivity index (χ3v) is 3.85. The van der Waals surface area contributed by atoms with Crippen LogP contribution < -0.4 is 5.32 Å². The molecule has 0 aliphatic carbocycles. The molecule has 3 nitrogen and oxygen atoms in total. The van der Waals surface area contributed by atoms with Crippen LogP contribution in [0.2, 0.25) is 5.02 Å². The summed E-state index contributed by atoms with van der Waals surface area (Å²) in [5.74, 6) is -0.470. The molecule has 0 atom stereocenters. The van der Waals surface area contributed by atoms with Crippen LogP contribution in [0.4, 0.5) is 5.69 Å². The number of amides is 1. The minimum Gasteiger partial charge on any atom is -0.321 e. The minimum absolute atomic E-state index is 0.0230. The van der Waals surface area contributed by atoms with Crippen LogP contribution in [0, 0.1) is 18.3 Å². The maximum absolute atomic E-state index is 12.2. The van der Waals surface area contributed by atoms with Crippen molar-refractivity contribution < 1.29 is 4.79 Å². The summed E-state index contributed by atoms with van der Waals surface area (Å²) >= 11 is 9.37. The second-order valence-corrected chi connectivity index (χ2v) is 5.97. The molecule has 22 heavy (non-hydrogen) atoms. The summed E-state index contributed by atoms with van der Waals surface area (Å²) < 4.78 is 0.879. The van der Waals surface area contributed by atoms with E-state index in [1.807, 2.05) is 43.3 Å². The Morgan fingerprint density at radius 2 is 2.09 bits per heavy atom. The van der Waals surface area contributed by atoms with Gasteiger partial charge in [0.2, 0.25) is 0 Å². The van der Waals surface area contributed by atoms with Crippen molar-refractivity contribution in [2.75, 3.05) is 5.32 Å². The largest absolute Gasteiger partial charge is 0.321 e. The summed E-state index contributed by atoms with van der Waals surface area (Å²) in [7, 11) is 0. The molecular formula is C17H12BrClN2O. The summed E-state index contributed by atoms with van der Waals surface area (Å²) in [6, 6.07) is 14.5. The van der Waals surface area contributed by atoms with Gasteiger partial charge in [-0.05, 0) is 48.4 Å². The zero-order valence-corrected chi connectivity index (χ0v) is 14.1. The molecule has 0 unspecified atom stereocenters. The second kappa shape index (κ2) is 7.26. The number of nitrogens with one attached hydrogen (secondary N) is 1. The van der Waals surface area contributed by atoms with Crippen molar-refractivity contribution in [3.05, 3.63) is 68.7 Å². The van der Waals surface area contributed by atoms with Gasteiger partial charge in [0.05, 0.1) is 0 Å². The highest BCUT2D eigenvalue weighted by molar-refractivity contribution is 9.10. The van der Waals surface area contributed by atoms with Gasteiger partial charge in [-0.15, -0.1) is 0 Å². The molecule has 110 valence electrons. The van der Waals surface area contributed by atoms with E-state index in [4.69, 9.17) is 11.6 Å². The Morgan fingerprint density at radius 1 is 1.32 bits per heavy atom. The molecule has 0 aromatic heterocycles. The average molecular weight is 376 g/mol. The van der Waals surface area contributed by atoms with Gasteiger partial charge in [0.15, 0.2) is 0 Å². The van der Waals surface area contributed by atoms with Crippen molar-refractivity contribution in [1.29, 1.82) is 5.26 Å². The first-order valence-electron chi connectivity index (χ1n) is 6.44. The molecule has 0 radical (unpaired) electrons. The van der Waals surface area contributed by atoms with Crippen LogP contribution in [-0.2, 0) is 4.79 Å². The maximum atomic E-state index is 12.2. The molecule has 2 aromatic rings. The van der Waals surface area contributed by atoms with E-state index in [0.29, 0.717) is 10.7 Å². The molecule has 0 saturated heterocycles. The smallest absolute Gasteiger partial charge is 0.266 e. The predicted octanol–water partition coefficient (Wildman–Crippen LogP) is 4.96. The summed E-state index contributed by atoms with van der Waals surface area (Å²) in [5, 5.41) is 12.4. The first-order chi connectivity index (χ1) is 10.5. The van der Waals surface area contributed by atoms with Gasteiger partial charge in [0, 0.05) is 15.2 Å². The third kappa shape index (κ3) is 4.20. The molecule has 0 fully saturated rings. The predicted molar refractivity (Wildman–Crippen MR) is 92.6 cm³/mol. The van der Waals surface area contributed by atoms with Crippen LogP contribution in [0.15, 0.2) is 52.5 Å². The Labute approximate surface area is 142 Å². The maximum Gasteiger partial charge on any atom is 0.266 e. The van der Waals surface area contributed by atoms with Gasteiger partial charge in [-0.1, -0.05) is 45.7 Å². The number of benzene rings is 2. The summed E-state index contributed by atoms with van der Waals surface area (Å²) in [6.07, 6.45) is 1.54. The van der Waals surface area contributed by atoms with Crippen LogP contribution in [0.1, 0.15) is 11.1 Å². The van der Waals surface area contributed by atoms with Crippen molar-refractivity contribution in [3.63, 3.8) is 0 Å². The van der Waals surface area contributed by atoms with Crippen LogP contribution in [0.5, 0.6) is 0 Å². The average Bonchev–Trinajstić information content (AvgIpc) is 2.48. The Balaban J connectivity index is 2.22. The molecule has 1 N–H and O–H groups in total. The topological polar surface area (TPSA) is 52.9 Å². The number of hydrogen-bond donors (Lipinski definition) is 1. The normalized spacial score (nSPS) is 10.9. The number of nitriles is 1. The lowest BCUT2D eigenvalue weighted by Gasteiger charge is -2.06. The van der Waals surface area contributed by atoms with Gasteiger partial charge >= 0.3 is 0 Å². The van der Waals surface area contributed by atoms with E-state index >= 15 is 0 Å². The number of halogens is 2. The lowest BCUT2D eigenvalue weighted by molar-refractivity contribution is -0.112. The van der Waals surface area contributed by atoms with E-state index in [2.05, 4.69) is 21.2 Å². The van der Waals surface area contributed by atoms with Crippen LogP contribution in [0.3, 0.4) is 0 Å². The van der Waals surface area contributed by atoms with Crippen molar-refractivity contribution in [2.45, 2.75) is 6.92 Å². The van der Waals surface area contributed by atoms with E-state index in [1.165, 1.54) is 6.08 Å². The summed E-state index contributed by atoms with van der Waals surface area (Å²) in [6.45, 7) is 1.88. The van der Waals surface area contributed by atoms with Crippen molar-refractivity contribution in [2.24, 2.45) is 0 Å². The van der Waals surface area contributed by atoms with E-state index in [0.717, 1.165) is 15.6 Å². The van der Waals surface area contributed by atoms with E-state index in [-0.39, 0.29) is 5.57 Å². The molecule has 2 rings (SSSR count). The zero-order chi connectivity index (χ0) is 16.1. The molecule has 2 aromatic carbocycles.